The first-order valence-corrected chi connectivity index (χ1v) is 9.27. The number of β-amino-alcohol motifs (C(OH)–C–C–N with tert-alkyl or cyclic N) is 1. The molecule has 3 rings (SSSR count). The molecule has 2 N–H and O–H groups in total. The minimum atomic E-state index is -0.258. The largest absolute Gasteiger partial charge is 0.392 e. The van der Waals surface area contributed by atoms with Gasteiger partial charge in [0.25, 0.3) is 0 Å². The molecule has 1 amide bonds. The highest BCUT2D eigenvalue weighted by atomic mass is 16.3. The van der Waals surface area contributed by atoms with Crippen molar-refractivity contribution in [2.75, 3.05) is 32.7 Å². The van der Waals surface area contributed by atoms with Crippen molar-refractivity contribution in [1.29, 1.82) is 0 Å². The van der Waals surface area contributed by atoms with Crippen LogP contribution in [0.15, 0.2) is 24.3 Å². The Bertz CT molecular complexity index is 659. The van der Waals surface area contributed by atoms with Crippen LogP contribution in [0.4, 0.5) is 0 Å². The van der Waals surface area contributed by atoms with E-state index in [0.29, 0.717) is 13.0 Å². The highest BCUT2D eigenvalue weighted by Gasteiger charge is 2.21. The van der Waals surface area contributed by atoms with Crippen molar-refractivity contribution < 1.29 is 9.90 Å². The van der Waals surface area contributed by atoms with Gasteiger partial charge in [0.2, 0.25) is 5.91 Å². The summed E-state index contributed by atoms with van der Waals surface area (Å²) in [4.78, 5) is 24.4. The minimum absolute atomic E-state index is 0.229. The van der Waals surface area contributed by atoms with E-state index in [4.69, 9.17) is 0 Å². The van der Waals surface area contributed by atoms with Gasteiger partial charge in [-0.1, -0.05) is 19.1 Å². The summed E-state index contributed by atoms with van der Waals surface area (Å²) in [6.45, 7) is 5.94. The smallest absolute Gasteiger partial charge is 0.222 e. The van der Waals surface area contributed by atoms with Crippen molar-refractivity contribution >= 4 is 16.9 Å². The summed E-state index contributed by atoms with van der Waals surface area (Å²) in [5.41, 5.74) is 2.03. The number of aryl methyl sites for hydroxylation is 1. The number of para-hydroxylation sites is 2. The maximum atomic E-state index is 12.4. The number of H-pyrrole nitrogens is 1. The number of nitrogens with one attached hydrogen (secondary N) is 1. The zero-order valence-corrected chi connectivity index (χ0v) is 14.9. The van der Waals surface area contributed by atoms with Crippen LogP contribution in [-0.2, 0) is 11.2 Å². The number of benzene rings is 1. The second kappa shape index (κ2) is 8.45. The number of hydrogen-bond acceptors (Lipinski definition) is 4. The van der Waals surface area contributed by atoms with Gasteiger partial charge in [-0.2, -0.15) is 0 Å². The van der Waals surface area contributed by atoms with Crippen molar-refractivity contribution in [1.82, 2.24) is 19.8 Å². The van der Waals surface area contributed by atoms with E-state index in [-0.39, 0.29) is 12.0 Å². The Morgan fingerprint density at radius 2 is 2.04 bits per heavy atom. The van der Waals surface area contributed by atoms with Crippen LogP contribution in [0.2, 0.25) is 0 Å². The molecule has 2 heterocycles. The molecule has 136 valence electrons. The van der Waals surface area contributed by atoms with E-state index >= 15 is 0 Å². The van der Waals surface area contributed by atoms with Crippen LogP contribution in [0.25, 0.3) is 11.0 Å². The standard InChI is InChI=1S/C19H28N4O2/c1-2-15(24)14-22-10-12-23(13-11-22)19(25)9-5-8-18-20-16-6-3-4-7-17(16)21-18/h3-4,6-7,15,24H,2,5,8-14H2,1H3,(H,20,21)/t15-/m1/s1. The lowest BCUT2D eigenvalue weighted by molar-refractivity contribution is -0.133. The molecule has 6 heteroatoms. The predicted molar refractivity (Wildman–Crippen MR) is 98.3 cm³/mol. The van der Waals surface area contributed by atoms with E-state index in [9.17, 15) is 9.90 Å². The summed E-state index contributed by atoms with van der Waals surface area (Å²) in [5.74, 6) is 1.18. The normalized spacial score (nSPS) is 17.1. The number of aliphatic hydroxyl groups is 1. The van der Waals surface area contributed by atoms with Crippen molar-refractivity contribution in [3.63, 3.8) is 0 Å². The summed E-state index contributed by atoms with van der Waals surface area (Å²) < 4.78 is 0. The van der Waals surface area contributed by atoms with Crippen LogP contribution < -0.4 is 0 Å². The molecule has 2 aromatic rings. The quantitative estimate of drug-likeness (QED) is 0.803. The fourth-order valence-electron chi connectivity index (χ4n) is 3.30. The Morgan fingerprint density at radius 1 is 1.28 bits per heavy atom. The third-order valence-corrected chi connectivity index (χ3v) is 4.91. The first-order valence-electron chi connectivity index (χ1n) is 9.27. The second-order valence-electron chi connectivity index (χ2n) is 6.80. The molecular weight excluding hydrogens is 316 g/mol. The molecule has 1 aromatic carbocycles. The molecule has 0 saturated carbocycles. The second-order valence-corrected chi connectivity index (χ2v) is 6.80. The van der Waals surface area contributed by atoms with Gasteiger partial charge in [0.05, 0.1) is 17.1 Å². The minimum Gasteiger partial charge on any atom is -0.392 e. The lowest BCUT2D eigenvalue weighted by Gasteiger charge is -2.35. The first-order chi connectivity index (χ1) is 12.2. The molecule has 1 aliphatic heterocycles. The molecule has 1 fully saturated rings. The van der Waals surface area contributed by atoms with Crippen LogP contribution in [-0.4, -0.2) is 69.6 Å². The fraction of sp³-hybridized carbons (Fsp3) is 0.579. The van der Waals surface area contributed by atoms with Crippen molar-refractivity contribution in [3.05, 3.63) is 30.1 Å². The number of piperazine rings is 1. The summed E-state index contributed by atoms with van der Waals surface area (Å²) in [6.07, 6.45) is 2.69. The van der Waals surface area contributed by atoms with E-state index in [2.05, 4.69) is 14.9 Å². The number of amides is 1. The third-order valence-electron chi connectivity index (χ3n) is 4.91. The molecule has 6 nitrogen and oxygen atoms in total. The van der Waals surface area contributed by atoms with E-state index in [0.717, 1.165) is 62.3 Å². The number of hydrogen-bond donors (Lipinski definition) is 2. The molecule has 1 atom stereocenters. The SMILES string of the molecule is CC[C@@H](O)CN1CCN(C(=O)CCCc2nc3ccccc3[nH]2)CC1. The average molecular weight is 344 g/mol. The summed E-state index contributed by atoms with van der Waals surface area (Å²) >= 11 is 0. The number of fused-ring (bicyclic) bond motifs is 1. The lowest BCUT2D eigenvalue weighted by atomic mass is 10.2. The number of carbonyl (C=O) groups excluding carboxylic acids is 1. The number of rotatable bonds is 7. The van der Waals surface area contributed by atoms with Crippen LogP contribution in [0.3, 0.4) is 0 Å². The van der Waals surface area contributed by atoms with Gasteiger partial charge in [-0.25, -0.2) is 4.98 Å². The zero-order chi connectivity index (χ0) is 17.6. The lowest BCUT2D eigenvalue weighted by Crippen LogP contribution is -2.50. The topological polar surface area (TPSA) is 72.5 Å². The Kier molecular flexibility index (Phi) is 6.04. The van der Waals surface area contributed by atoms with Crippen molar-refractivity contribution in [2.24, 2.45) is 0 Å². The van der Waals surface area contributed by atoms with Gasteiger partial charge in [0, 0.05) is 45.6 Å². The number of imidazole rings is 1. The molecule has 0 aliphatic carbocycles. The van der Waals surface area contributed by atoms with Crippen LogP contribution >= 0.6 is 0 Å². The Balaban J connectivity index is 1.39. The van der Waals surface area contributed by atoms with Gasteiger partial charge < -0.3 is 15.0 Å². The van der Waals surface area contributed by atoms with Gasteiger partial charge >= 0.3 is 0 Å². The van der Waals surface area contributed by atoms with Gasteiger partial charge in [-0.15, -0.1) is 0 Å². The summed E-state index contributed by atoms with van der Waals surface area (Å²) in [5, 5.41) is 9.73. The molecule has 0 unspecified atom stereocenters. The maximum Gasteiger partial charge on any atom is 0.222 e. The molecule has 25 heavy (non-hydrogen) atoms. The zero-order valence-electron chi connectivity index (χ0n) is 14.9. The van der Waals surface area contributed by atoms with Gasteiger partial charge in [0.15, 0.2) is 0 Å². The molecule has 0 bridgehead atoms. The molecular formula is C19H28N4O2. The average Bonchev–Trinajstić information content (AvgIpc) is 3.05. The monoisotopic (exact) mass is 344 g/mol. The highest BCUT2D eigenvalue weighted by Crippen LogP contribution is 2.13. The first kappa shape index (κ1) is 17.9. The van der Waals surface area contributed by atoms with Crippen molar-refractivity contribution in [3.8, 4) is 0 Å². The molecule has 0 radical (unpaired) electrons. The fourth-order valence-corrected chi connectivity index (χ4v) is 3.30. The Labute approximate surface area is 148 Å². The number of aromatic amines is 1. The van der Waals surface area contributed by atoms with Crippen molar-refractivity contribution in [2.45, 2.75) is 38.7 Å². The van der Waals surface area contributed by atoms with E-state index in [1.807, 2.05) is 36.1 Å². The molecule has 1 saturated heterocycles. The van der Waals surface area contributed by atoms with E-state index in [1.54, 1.807) is 0 Å². The Morgan fingerprint density at radius 3 is 2.76 bits per heavy atom. The summed E-state index contributed by atoms with van der Waals surface area (Å²) in [7, 11) is 0. The maximum absolute atomic E-state index is 12.4. The predicted octanol–water partition coefficient (Wildman–Crippen LogP) is 1.80. The molecule has 1 aliphatic rings. The van der Waals surface area contributed by atoms with Gasteiger partial charge in [0.1, 0.15) is 5.82 Å². The van der Waals surface area contributed by atoms with Gasteiger partial charge in [-0.05, 0) is 25.0 Å². The number of aromatic nitrogens is 2. The molecule has 0 spiro atoms. The van der Waals surface area contributed by atoms with E-state index in [1.165, 1.54) is 0 Å². The van der Waals surface area contributed by atoms with Crippen LogP contribution in [0, 0.1) is 0 Å². The number of carbonyl (C=O) groups is 1. The third kappa shape index (κ3) is 4.80. The van der Waals surface area contributed by atoms with Gasteiger partial charge in [-0.3, -0.25) is 9.69 Å². The summed E-state index contributed by atoms with van der Waals surface area (Å²) in [6, 6.07) is 7.99. The van der Waals surface area contributed by atoms with E-state index < -0.39 is 0 Å². The highest BCUT2D eigenvalue weighted by molar-refractivity contribution is 5.76. The number of nitrogens with zero attached hydrogens (tertiary/aromatic N) is 3. The van der Waals surface area contributed by atoms with Crippen LogP contribution in [0.5, 0.6) is 0 Å². The number of aliphatic hydroxyl groups excluding tert-OH is 1. The Hall–Kier alpha value is -1.92. The van der Waals surface area contributed by atoms with Crippen LogP contribution in [0.1, 0.15) is 32.0 Å². The molecule has 1 aromatic heterocycles.